The Morgan fingerprint density at radius 1 is 1.31 bits per heavy atom. The van der Waals surface area contributed by atoms with Crippen LogP contribution in [0.2, 0.25) is 0 Å². The molecule has 1 rings (SSSR count). The highest BCUT2D eigenvalue weighted by molar-refractivity contribution is 4.93. The maximum Gasteiger partial charge on any atom is 0.0448 e. The molecule has 0 aromatic carbocycles. The number of aliphatic hydroxyl groups is 1. The SMILES string of the molecule is CCCNC1(CCO)CCC(C(C)C)CC1. The Hall–Kier alpha value is -0.0800. The molecule has 1 aliphatic rings. The first kappa shape index (κ1) is 14.0. The monoisotopic (exact) mass is 227 g/mol. The molecular formula is C14H29NO. The molecule has 1 fully saturated rings. The smallest absolute Gasteiger partial charge is 0.0448 e. The van der Waals surface area contributed by atoms with Crippen molar-refractivity contribution in [3.05, 3.63) is 0 Å². The molecule has 0 aromatic rings. The summed E-state index contributed by atoms with van der Waals surface area (Å²) in [6.07, 6.45) is 7.26. The fourth-order valence-corrected chi connectivity index (χ4v) is 2.98. The first-order chi connectivity index (χ1) is 7.63. The lowest BCUT2D eigenvalue weighted by atomic mass is 9.71. The van der Waals surface area contributed by atoms with E-state index in [2.05, 4.69) is 26.1 Å². The number of hydrogen-bond donors (Lipinski definition) is 2. The maximum absolute atomic E-state index is 9.22. The van der Waals surface area contributed by atoms with E-state index in [1.165, 1.54) is 32.1 Å². The van der Waals surface area contributed by atoms with Crippen molar-refractivity contribution in [2.24, 2.45) is 11.8 Å². The van der Waals surface area contributed by atoms with Crippen molar-refractivity contribution < 1.29 is 5.11 Å². The first-order valence-corrected chi connectivity index (χ1v) is 6.99. The molecule has 0 aliphatic heterocycles. The van der Waals surface area contributed by atoms with Gasteiger partial charge in [-0.2, -0.15) is 0 Å². The van der Waals surface area contributed by atoms with Gasteiger partial charge in [-0.25, -0.2) is 0 Å². The molecule has 2 heteroatoms. The van der Waals surface area contributed by atoms with E-state index in [1.807, 2.05) is 0 Å². The summed E-state index contributed by atoms with van der Waals surface area (Å²) >= 11 is 0. The predicted octanol–water partition coefficient (Wildman–Crippen LogP) is 2.95. The minimum atomic E-state index is 0.246. The molecule has 1 saturated carbocycles. The van der Waals surface area contributed by atoms with Crippen molar-refractivity contribution >= 4 is 0 Å². The molecule has 0 aromatic heterocycles. The topological polar surface area (TPSA) is 32.3 Å². The van der Waals surface area contributed by atoms with Crippen LogP contribution in [0.5, 0.6) is 0 Å². The van der Waals surface area contributed by atoms with Gasteiger partial charge in [0.1, 0.15) is 0 Å². The van der Waals surface area contributed by atoms with Gasteiger partial charge >= 0.3 is 0 Å². The third-order valence-corrected chi connectivity index (χ3v) is 4.27. The standard InChI is InChI=1S/C14H29NO/c1-4-10-15-14(9-11-16)7-5-13(6-8-14)12(2)3/h12-13,15-16H,4-11H2,1-3H3. The van der Waals surface area contributed by atoms with Gasteiger partial charge in [0.25, 0.3) is 0 Å². The second-order valence-electron chi connectivity index (χ2n) is 5.76. The van der Waals surface area contributed by atoms with E-state index >= 15 is 0 Å². The summed E-state index contributed by atoms with van der Waals surface area (Å²) < 4.78 is 0. The molecular weight excluding hydrogens is 198 g/mol. The van der Waals surface area contributed by atoms with Gasteiger partial charge in [0.2, 0.25) is 0 Å². The van der Waals surface area contributed by atoms with Crippen LogP contribution in [0.25, 0.3) is 0 Å². The average Bonchev–Trinajstić information content (AvgIpc) is 2.27. The third kappa shape index (κ3) is 3.74. The molecule has 0 atom stereocenters. The van der Waals surface area contributed by atoms with Crippen LogP contribution in [0.1, 0.15) is 59.3 Å². The largest absolute Gasteiger partial charge is 0.396 e. The Labute approximate surface area is 101 Å². The number of hydrogen-bond acceptors (Lipinski definition) is 2. The van der Waals surface area contributed by atoms with Crippen LogP contribution in [0, 0.1) is 11.8 Å². The Kier molecular flexibility index (Phi) is 5.77. The highest BCUT2D eigenvalue weighted by atomic mass is 16.3. The van der Waals surface area contributed by atoms with E-state index in [0.717, 1.165) is 24.8 Å². The lowest BCUT2D eigenvalue weighted by molar-refractivity contribution is 0.126. The quantitative estimate of drug-likeness (QED) is 0.731. The van der Waals surface area contributed by atoms with E-state index in [-0.39, 0.29) is 5.54 Å². The molecule has 0 radical (unpaired) electrons. The van der Waals surface area contributed by atoms with Gasteiger partial charge in [-0.3, -0.25) is 0 Å². The van der Waals surface area contributed by atoms with Gasteiger partial charge in [0.15, 0.2) is 0 Å². The Morgan fingerprint density at radius 2 is 1.94 bits per heavy atom. The molecule has 96 valence electrons. The minimum Gasteiger partial charge on any atom is -0.396 e. The van der Waals surface area contributed by atoms with Gasteiger partial charge in [-0.05, 0) is 56.9 Å². The Balaban J connectivity index is 2.48. The van der Waals surface area contributed by atoms with Crippen LogP contribution < -0.4 is 5.32 Å². The number of aliphatic hydroxyl groups excluding tert-OH is 1. The van der Waals surface area contributed by atoms with Crippen molar-refractivity contribution in [3.8, 4) is 0 Å². The van der Waals surface area contributed by atoms with Crippen LogP contribution >= 0.6 is 0 Å². The van der Waals surface area contributed by atoms with Gasteiger partial charge < -0.3 is 10.4 Å². The second-order valence-corrected chi connectivity index (χ2v) is 5.76. The minimum absolute atomic E-state index is 0.246. The lowest BCUT2D eigenvalue weighted by Crippen LogP contribution is -2.49. The Bertz CT molecular complexity index is 183. The summed E-state index contributed by atoms with van der Waals surface area (Å²) in [5, 5.41) is 12.9. The van der Waals surface area contributed by atoms with Crippen LogP contribution in [0.4, 0.5) is 0 Å². The van der Waals surface area contributed by atoms with E-state index in [0.29, 0.717) is 6.61 Å². The van der Waals surface area contributed by atoms with Crippen molar-refractivity contribution in [1.29, 1.82) is 0 Å². The zero-order chi connectivity index (χ0) is 12.0. The van der Waals surface area contributed by atoms with Crippen LogP contribution in [0.3, 0.4) is 0 Å². The molecule has 2 N–H and O–H groups in total. The summed E-state index contributed by atoms with van der Waals surface area (Å²) in [7, 11) is 0. The van der Waals surface area contributed by atoms with Gasteiger partial charge in [-0.15, -0.1) is 0 Å². The van der Waals surface area contributed by atoms with Crippen molar-refractivity contribution in [1.82, 2.24) is 5.32 Å². The fourth-order valence-electron chi connectivity index (χ4n) is 2.98. The van der Waals surface area contributed by atoms with Crippen LogP contribution in [-0.2, 0) is 0 Å². The highest BCUT2D eigenvalue weighted by Crippen LogP contribution is 2.37. The molecule has 1 aliphatic carbocycles. The molecule has 0 amide bonds. The first-order valence-electron chi connectivity index (χ1n) is 6.99. The summed E-state index contributed by atoms with van der Waals surface area (Å²) in [6, 6.07) is 0. The van der Waals surface area contributed by atoms with E-state index < -0.39 is 0 Å². The average molecular weight is 227 g/mol. The van der Waals surface area contributed by atoms with Crippen LogP contribution in [0.15, 0.2) is 0 Å². The van der Waals surface area contributed by atoms with Gasteiger partial charge in [0.05, 0.1) is 0 Å². The zero-order valence-corrected chi connectivity index (χ0v) is 11.3. The lowest BCUT2D eigenvalue weighted by Gasteiger charge is -2.42. The van der Waals surface area contributed by atoms with E-state index in [4.69, 9.17) is 0 Å². The molecule has 0 unspecified atom stereocenters. The van der Waals surface area contributed by atoms with E-state index in [1.54, 1.807) is 0 Å². The van der Waals surface area contributed by atoms with Crippen molar-refractivity contribution in [2.45, 2.75) is 64.8 Å². The molecule has 2 nitrogen and oxygen atoms in total. The molecule has 0 saturated heterocycles. The van der Waals surface area contributed by atoms with E-state index in [9.17, 15) is 5.11 Å². The summed E-state index contributed by atoms with van der Waals surface area (Å²) in [4.78, 5) is 0. The van der Waals surface area contributed by atoms with Crippen molar-refractivity contribution in [3.63, 3.8) is 0 Å². The fraction of sp³-hybridized carbons (Fsp3) is 1.00. The molecule has 0 spiro atoms. The molecule has 0 bridgehead atoms. The third-order valence-electron chi connectivity index (χ3n) is 4.27. The second kappa shape index (κ2) is 6.61. The highest BCUT2D eigenvalue weighted by Gasteiger charge is 2.34. The summed E-state index contributed by atoms with van der Waals surface area (Å²) in [5.74, 6) is 1.72. The Morgan fingerprint density at radius 3 is 2.38 bits per heavy atom. The maximum atomic E-state index is 9.22. The summed E-state index contributed by atoms with van der Waals surface area (Å²) in [5.41, 5.74) is 0.246. The number of rotatable bonds is 6. The zero-order valence-electron chi connectivity index (χ0n) is 11.3. The van der Waals surface area contributed by atoms with Crippen molar-refractivity contribution in [2.75, 3.05) is 13.2 Å². The van der Waals surface area contributed by atoms with Crippen LogP contribution in [-0.4, -0.2) is 23.8 Å². The number of nitrogens with one attached hydrogen (secondary N) is 1. The predicted molar refractivity (Wildman–Crippen MR) is 69.5 cm³/mol. The molecule has 16 heavy (non-hydrogen) atoms. The molecule has 0 heterocycles. The van der Waals surface area contributed by atoms with Gasteiger partial charge in [0, 0.05) is 12.1 Å². The summed E-state index contributed by atoms with van der Waals surface area (Å²) in [6.45, 7) is 8.29. The normalized spacial score (nSPS) is 30.9. The van der Waals surface area contributed by atoms with Gasteiger partial charge in [-0.1, -0.05) is 20.8 Å².